The molecule has 0 radical (unpaired) electrons. The van der Waals surface area contributed by atoms with Crippen LogP contribution in [0.1, 0.15) is 23.0 Å². The summed E-state index contributed by atoms with van der Waals surface area (Å²) < 4.78 is 17.2. The number of amides is 1. The van der Waals surface area contributed by atoms with Crippen LogP contribution in [-0.4, -0.2) is 24.6 Å². The highest BCUT2D eigenvalue weighted by Crippen LogP contribution is 2.33. The molecule has 4 aromatic rings. The van der Waals surface area contributed by atoms with Crippen molar-refractivity contribution in [2.75, 3.05) is 18.6 Å². The lowest BCUT2D eigenvalue weighted by molar-refractivity contribution is 0.0983. The zero-order chi connectivity index (χ0) is 20.2. The first-order valence-electron chi connectivity index (χ1n) is 9.19. The van der Waals surface area contributed by atoms with E-state index in [1.807, 2.05) is 31.2 Å². The molecule has 0 aliphatic heterocycles. The average Bonchev–Trinajstić information content (AvgIpc) is 3.41. The van der Waals surface area contributed by atoms with Crippen LogP contribution in [0.4, 0.5) is 5.13 Å². The van der Waals surface area contributed by atoms with Gasteiger partial charge in [-0.3, -0.25) is 9.69 Å². The molecule has 0 saturated heterocycles. The summed E-state index contributed by atoms with van der Waals surface area (Å²) in [4.78, 5) is 19.6. The molecule has 0 aliphatic rings. The second kappa shape index (κ2) is 8.36. The Morgan fingerprint density at radius 2 is 1.93 bits per heavy atom. The third-order valence-corrected chi connectivity index (χ3v) is 5.41. The van der Waals surface area contributed by atoms with Gasteiger partial charge in [-0.25, -0.2) is 4.98 Å². The maximum absolute atomic E-state index is 13.3. The summed E-state index contributed by atoms with van der Waals surface area (Å²) in [7, 11) is 1.63. The Morgan fingerprint density at radius 3 is 2.62 bits per heavy atom. The fraction of sp³-hybridized carbons (Fsp3) is 0.182. The van der Waals surface area contributed by atoms with Gasteiger partial charge in [-0.1, -0.05) is 11.3 Å². The van der Waals surface area contributed by atoms with Crippen molar-refractivity contribution in [3.63, 3.8) is 0 Å². The number of rotatable bonds is 7. The Labute approximate surface area is 172 Å². The number of ether oxygens (including phenoxy) is 2. The Balaban J connectivity index is 1.70. The van der Waals surface area contributed by atoms with Crippen LogP contribution in [0.25, 0.3) is 10.2 Å². The summed E-state index contributed by atoms with van der Waals surface area (Å²) in [6.45, 7) is 2.79. The van der Waals surface area contributed by atoms with Crippen LogP contribution in [-0.2, 0) is 6.54 Å². The molecule has 29 heavy (non-hydrogen) atoms. The van der Waals surface area contributed by atoms with Crippen molar-refractivity contribution in [1.29, 1.82) is 0 Å². The van der Waals surface area contributed by atoms with Gasteiger partial charge in [0.1, 0.15) is 17.3 Å². The summed E-state index contributed by atoms with van der Waals surface area (Å²) >= 11 is 1.44. The van der Waals surface area contributed by atoms with Crippen LogP contribution in [0.2, 0.25) is 0 Å². The van der Waals surface area contributed by atoms with Gasteiger partial charge in [-0.15, -0.1) is 0 Å². The summed E-state index contributed by atoms with van der Waals surface area (Å²) in [6.07, 6.45) is 1.60. The van der Waals surface area contributed by atoms with E-state index in [1.165, 1.54) is 11.3 Å². The quantitative estimate of drug-likeness (QED) is 0.423. The van der Waals surface area contributed by atoms with Gasteiger partial charge < -0.3 is 13.9 Å². The Kier molecular flexibility index (Phi) is 5.48. The first kappa shape index (κ1) is 19.0. The van der Waals surface area contributed by atoms with Crippen LogP contribution in [0.5, 0.6) is 11.5 Å². The second-order valence-corrected chi connectivity index (χ2v) is 7.27. The van der Waals surface area contributed by atoms with Gasteiger partial charge in [-0.05, 0) is 61.5 Å². The van der Waals surface area contributed by atoms with Crippen LogP contribution < -0.4 is 14.4 Å². The number of anilines is 1. The van der Waals surface area contributed by atoms with E-state index in [4.69, 9.17) is 13.9 Å². The number of aromatic nitrogens is 1. The zero-order valence-electron chi connectivity index (χ0n) is 16.1. The molecule has 6 nitrogen and oxygen atoms in total. The fourth-order valence-electron chi connectivity index (χ4n) is 2.94. The number of hydrogen-bond donors (Lipinski definition) is 0. The van der Waals surface area contributed by atoms with Crippen molar-refractivity contribution in [3.8, 4) is 11.5 Å². The molecule has 0 saturated carbocycles. The van der Waals surface area contributed by atoms with Crippen molar-refractivity contribution in [1.82, 2.24) is 4.98 Å². The lowest BCUT2D eigenvalue weighted by Gasteiger charge is -2.19. The van der Waals surface area contributed by atoms with E-state index in [0.717, 1.165) is 21.7 Å². The van der Waals surface area contributed by atoms with Gasteiger partial charge in [0.15, 0.2) is 5.13 Å². The lowest BCUT2D eigenvalue weighted by atomic mass is 10.2. The highest BCUT2D eigenvalue weighted by Gasteiger charge is 2.23. The van der Waals surface area contributed by atoms with E-state index in [1.54, 1.807) is 48.6 Å². The molecule has 148 valence electrons. The molecular weight excluding hydrogens is 388 g/mol. The summed E-state index contributed by atoms with van der Waals surface area (Å²) in [5, 5.41) is 0.600. The van der Waals surface area contributed by atoms with E-state index in [0.29, 0.717) is 23.1 Å². The van der Waals surface area contributed by atoms with E-state index >= 15 is 0 Å². The molecule has 1 amide bonds. The minimum absolute atomic E-state index is 0.157. The molecule has 0 fully saturated rings. The van der Waals surface area contributed by atoms with E-state index in [-0.39, 0.29) is 12.5 Å². The minimum Gasteiger partial charge on any atom is -0.497 e. The van der Waals surface area contributed by atoms with E-state index in [2.05, 4.69) is 4.98 Å². The molecule has 7 heteroatoms. The van der Waals surface area contributed by atoms with Crippen LogP contribution >= 0.6 is 11.3 Å². The maximum Gasteiger partial charge on any atom is 0.260 e. The van der Waals surface area contributed by atoms with E-state index in [9.17, 15) is 4.79 Å². The second-order valence-electron chi connectivity index (χ2n) is 6.26. The molecule has 2 aromatic heterocycles. The van der Waals surface area contributed by atoms with Gasteiger partial charge in [0.25, 0.3) is 5.91 Å². The maximum atomic E-state index is 13.3. The number of thiazole rings is 1. The fourth-order valence-corrected chi connectivity index (χ4v) is 3.93. The smallest absolute Gasteiger partial charge is 0.260 e. The van der Waals surface area contributed by atoms with Crippen LogP contribution in [0, 0.1) is 0 Å². The first-order chi connectivity index (χ1) is 14.2. The van der Waals surface area contributed by atoms with Gasteiger partial charge >= 0.3 is 0 Å². The summed E-state index contributed by atoms with van der Waals surface area (Å²) in [6, 6.07) is 16.4. The number of furan rings is 1. The molecule has 0 atom stereocenters. The lowest BCUT2D eigenvalue weighted by Crippen LogP contribution is -2.30. The monoisotopic (exact) mass is 408 g/mol. The number of carbonyl (C=O) groups excluding carboxylic acids is 1. The van der Waals surface area contributed by atoms with E-state index < -0.39 is 0 Å². The van der Waals surface area contributed by atoms with Crippen LogP contribution in [0.15, 0.2) is 65.3 Å². The van der Waals surface area contributed by atoms with Crippen molar-refractivity contribution >= 4 is 32.6 Å². The first-order valence-corrected chi connectivity index (χ1v) is 10.0. The summed E-state index contributed by atoms with van der Waals surface area (Å²) in [5.41, 5.74) is 1.37. The Morgan fingerprint density at radius 1 is 1.14 bits per heavy atom. The predicted molar refractivity (Wildman–Crippen MR) is 113 cm³/mol. The Bertz CT molecular complexity index is 1100. The molecule has 2 aromatic carbocycles. The number of carbonyl (C=O) groups is 1. The normalized spacial score (nSPS) is 10.8. The highest BCUT2D eigenvalue weighted by molar-refractivity contribution is 7.22. The van der Waals surface area contributed by atoms with Gasteiger partial charge in [-0.2, -0.15) is 0 Å². The largest absolute Gasteiger partial charge is 0.497 e. The average molecular weight is 408 g/mol. The molecule has 2 heterocycles. The number of hydrogen-bond acceptors (Lipinski definition) is 6. The number of fused-ring (bicyclic) bond motifs is 1. The topological polar surface area (TPSA) is 64.8 Å². The number of methoxy groups -OCH3 is 1. The van der Waals surface area contributed by atoms with Gasteiger partial charge in [0.2, 0.25) is 0 Å². The van der Waals surface area contributed by atoms with Crippen molar-refractivity contribution in [3.05, 3.63) is 72.2 Å². The molecule has 0 bridgehead atoms. The molecule has 0 N–H and O–H groups in total. The van der Waals surface area contributed by atoms with Crippen molar-refractivity contribution in [2.45, 2.75) is 13.5 Å². The van der Waals surface area contributed by atoms with Gasteiger partial charge in [0.05, 0.1) is 36.7 Å². The van der Waals surface area contributed by atoms with Crippen LogP contribution in [0.3, 0.4) is 0 Å². The third kappa shape index (κ3) is 4.09. The zero-order valence-corrected chi connectivity index (χ0v) is 16.9. The highest BCUT2D eigenvalue weighted by atomic mass is 32.1. The van der Waals surface area contributed by atoms with Crippen molar-refractivity contribution in [2.24, 2.45) is 0 Å². The molecule has 0 unspecified atom stereocenters. The number of benzene rings is 2. The molecule has 0 spiro atoms. The van der Waals surface area contributed by atoms with Gasteiger partial charge in [0, 0.05) is 5.56 Å². The predicted octanol–water partition coefficient (Wildman–Crippen LogP) is 5.14. The third-order valence-electron chi connectivity index (χ3n) is 4.37. The Hall–Kier alpha value is -3.32. The SMILES string of the molecule is CCOc1ccc(C(=O)N(Cc2ccco2)c2nc3ccc(OC)cc3s2)cc1. The molecular formula is C22H20N2O4S. The minimum atomic E-state index is -0.157. The van der Waals surface area contributed by atoms with Crippen molar-refractivity contribution < 1.29 is 18.7 Å². The number of nitrogens with zero attached hydrogens (tertiary/aromatic N) is 2. The standard InChI is InChI=1S/C22H20N2O4S/c1-3-27-16-8-6-15(7-9-16)21(25)24(14-18-5-4-12-28-18)22-23-19-11-10-17(26-2)13-20(19)29-22/h4-13H,3,14H2,1-2H3. The molecule has 0 aliphatic carbocycles. The molecule has 4 rings (SSSR count). The summed E-state index contributed by atoms with van der Waals surface area (Å²) in [5.74, 6) is 2.01.